The van der Waals surface area contributed by atoms with Crippen molar-refractivity contribution in [1.82, 2.24) is 0 Å². The molecular weight excluding hydrogens is 198 g/mol. The highest BCUT2D eigenvalue weighted by atomic mass is 16.5. The lowest BCUT2D eigenvalue weighted by Gasteiger charge is -2.19. The van der Waals surface area contributed by atoms with Crippen LogP contribution in [0.15, 0.2) is 18.2 Å². The Bertz CT molecular complexity index is 339. The molecular formula is C14H23NO. The summed E-state index contributed by atoms with van der Waals surface area (Å²) in [6.07, 6.45) is 3.00. The Kier molecular flexibility index (Phi) is 4.36. The van der Waals surface area contributed by atoms with Crippen molar-refractivity contribution < 1.29 is 4.74 Å². The van der Waals surface area contributed by atoms with Crippen molar-refractivity contribution >= 4 is 0 Å². The monoisotopic (exact) mass is 221 g/mol. The van der Waals surface area contributed by atoms with Crippen molar-refractivity contribution in [3.63, 3.8) is 0 Å². The zero-order valence-electron chi connectivity index (χ0n) is 10.8. The van der Waals surface area contributed by atoms with Crippen LogP contribution >= 0.6 is 0 Å². The van der Waals surface area contributed by atoms with E-state index in [-0.39, 0.29) is 5.54 Å². The Hall–Kier alpha value is -1.02. The Morgan fingerprint density at radius 3 is 2.50 bits per heavy atom. The van der Waals surface area contributed by atoms with Gasteiger partial charge in [0.15, 0.2) is 0 Å². The molecule has 0 saturated carbocycles. The van der Waals surface area contributed by atoms with Gasteiger partial charge in [-0.2, -0.15) is 0 Å². The van der Waals surface area contributed by atoms with E-state index in [1.54, 1.807) is 7.11 Å². The van der Waals surface area contributed by atoms with Crippen molar-refractivity contribution in [3.05, 3.63) is 29.3 Å². The third-order valence-electron chi connectivity index (χ3n) is 2.79. The second kappa shape index (κ2) is 5.35. The van der Waals surface area contributed by atoms with Gasteiger partial charge in [0.1, 0.15) is 5.75 Å². The van der Waals surface area contributed by atoms with Gasteiger partial charge in [0.05, 0.1) is 7.11 Å². The van der Waals surface area contributed by atoms with Crippen LogP contribution in [0.25, 0.3) is 0 Å². The van der Waals surface area contributed by atoms with E-state index in [9.17, 15) is 0 Å². The van der Waals surface area contributed by atoms with Crippen molar-refractivity contribution in [3.8, 4) is 5.75 Å². The maximum absolute atomic E-state index is 6.00. The molecule has 0 saturated heterocycles. The van der Waals surface area contributed by atoms with Gasteiger partial charge in [0.25, 0.3) is 0 Å². The summed E-state index contributed by atoms with van der Waals surface area (Å²) >= 11 is 0. The smallest absolute Gasteiger partial charge is 0.122 e. The fourth-order valence-electron chi connectivity index (χ4n) is 1.70. The lowest BCUT2D eigenvalue weighted by Crippen LogP contribution is -2.32. The fourth-order valence-corrected chi connectivity index (χ4v) is 1.70. The van der Waals surface area contributed by atoms with Crippen LogP contribution in [0.4, 0.5) is 0 Å². The number of methoxy groups -OCH3 is 1. The van der Waals surface area contributed by atoms with E-state index in [0.717, 1.165) is 25.0 Å². The second-order valence-corrected chi connectivity index (χ2v) is 4.99. The van der Waals surface area contributed by atoms with Gasteiger partial charge in [-0.25, -0.2) is 0 Å². The Morgan fingerprint density at radius 1 is 1.31 bits per heavy atom. The van der Waals surface area contributed by atoms with E-state index >= 15 is 0 Å². The lowest BCUT2D eigenvalue weighted by atomic mass is 9.95. The Labute approximate surface area is 98.8 Å². The van der Waals surface area contributed by atoms with Gasteiger partial charge in [0.2, 0.25) is 0 Å². The minimum absolute atomic E-state index is 0.118. The zero-order valence-corrected chi connectivity index (χ0v) is 10.8. The molecule has 0 atom stereocenters. The summed E-state index contributed by atoms with van der Waals surface area (Å²) in [7, 11) is 1.72. The molecule has 0 radical (unpaired) electrons. The SMILES string of the molecule is CCc1ccc(OC)c(CCC(C)(C)N)c1. The van der Waals surface area contributed by atoms with Crippen LogP contribution in [0.3, 0.4) is 0 Å². The Balaban J connectivity index is 2.83. The van der Waals surface area contributed by atoms with E-state index in [1.165, 1.54) is 11.1 Å². The second-order valence-electron chi connectivity index (χ2n) is 4.99. The molecule has 16 heavy (non-hydrogen) atoms. The first-order valence-electron chi connectivity index (χ1n) is 5.91. The van der Waals surface area contributed by atoms with Crippen LogP contribution in [-0.4, -0.2) is 12.6 Å². The van der Waals surface area contributed by atoms with Gasteiger partial charge in [-0.1, -0.05) is 19.1 Å². The number of hydrogen-bond acceptors (Lipinski definition) is 2. The van der Waals surface area contributed by atoms with Gasteiger partial charge < -0.3 is 10.5 Å². The van der Waals surface area contributed by atoms with Crippen molar-refractivity contribution in [2.45, 2.75) is 45.6 Å². The third kappa shape index (κ3) is 3.86. The minimum atomic E-state index is -0.118. The van der Waals surface area contributed by atoms with Crippen LogP contribution in [0.2, 0.25) is 0 Å². The molecule has 90 valence electrons. The fraction of sp³-hybridized carbons (Fsp3) is 0.571. The summed E-state index contributed by atoms with van der Waals surface area (Å²) in [6.45, 7) is 6.28. The number of ether oxygens (including phenoxy) is 1. The molecule has 0 aliphatic carbocycles. The topological polar surface area (TPSA) is 35.2 Å². The molecule has 2 N–H and O–H groups in total. The summed E-state index contributed by atoms with van der Waals surface area (Å²) in [6, 6.07) is 6.40. The molecule has 0 heterocycles. The largest absolute Gasteiger partial charge is 0.496 e. The molecule has 0 aromatic heterocycles. The summed E-state index contributed by atoms with van der Waals surface area (Å²) in [4.78, 5) is 0. The standard InChI is InChI=1S/C14H23NO/c1-5-11-6-7-13(16-4)12(10-11)8-9-14(2,3)15/h6-7,10H,5,8-9,15H2,1-4H3. The van der Waals surface area contributed by atoms with Crippen LogP contribution in [-0.2, 0) is 12.8 Å². The van der Waals surface area contributed by atoms with Crippen LogP contribution < -0.4 is 10.5 Å². The number of rotatable bonds is 5. The molecule has 0 amide bonds. The normalized spacial score (nSPS) is 11.6. The quantitative estimate of drug-likeness (QED) is 0.829. The third-order valence-corrected chi connectivity index (χ3v) is 2.79. The van der Waals surface area contributed by atoms with Gasteiger partial charge >= 0.3 is 0 Å². The van der Waals surface area contributed by atoms with Crippen molar-refractivity contribution in [2.24, 2.45) is 5.73 Å². The molecule has 2 heteroatoms. The first-order valence-corrected chi connectivity index (χ1v) is 5.91. The van der Waals surface area contributed by atoms with E-state index in [1.807, 2.05) is 0 Å². The lowest BCUT2D eigenvalue weighted by molar-refractivity contribution is 0.404. The maximum Gasteiger partial charge on any atom is 0.122 e. The molecule has 1 rings (SSSR count). The van der Waals surface area contributed by atoms with Crippen molar-refractivity contribution in [1.29, 1.82) is 0 Å². The van der Waals surface area contributed by atoms with Crippen LogP contribution in [0.5, 0.6) is 5.75 Å². The average molecular weight is 221 g/mol. The number of hydrogen-bond donors (Lipinski definition) is 1. The predicted octanol–water partition coefficient (Wildman–Crippen LogP) is 2.93. The van der Waals surface area contributed by atoms with E-state index < -0.39 is 0 Å². The van der Waals surface area contributed by atoms with Gasteiger partial charge in [-0.3, -0.25) is 0 Å². The molecule has 0 aliphatic heterocycles. The molecule has 0 aliphatic rings. The van der Waals surface area contributed by atoms with E-state index in [0.29, 0.717) is 0 Å². The van der Waals surface area contributed by atoms with Crippen LogP contribution in [0.1, 0.15) is 38.3 Å². The maximum atomic E-state index is 6.00. The molecule has 0 spiro atoms. The first kappa shape index (κ1) is 13.0. The van der Waals surface area contributed by atoms with E-state index in [4.69, 9.17) is 10.5 Å². The molecule has 2 nitrogen and oxygen atoms in total. The highest BCUT2D eigenvalue weighted by molar-refractivity contribution is 5.37. The Morgan fingerprint density at radius 2 is 2.00 bits per heavy atom. The summed E-state index contributed by atoms with van der Waals surface area (Å²) < 4.78 is 5.37. The predicted molar refractivity (Wildman–Crippen MR) is 69.0 cm³/mol. The summed E-state index contributed by atoms with van der Waals surface area (Å²) in [5.74, 6) is 0.974. The van der Waals surface area contributed by atoms with Crippen LogP contribution in [0, 0.1) is 0 Å². The molecule has 0 unspecified atom stereocenters. The van der Waals surface area contributed by atoms with Crippen molar-refractivity contribution in [2.75, 3.05) is 7.11 Å². The molecule has 1 aromatic carbocycles. The zero-order chi connectivity index (χ0) is 12.2. The number of aryl methyl sites for hydroxylation is 2. The molecule has 0 bridgehead atoms. The van der Waals surface area contributed by atoms with Gasteiger partial charge in [0, 0.05) is 5.54 Å². The highest BCUT2D eigenvalue weighted by Crippen LogP contribution is 2.23. The van der Waals surface area contributed by atoms with Gasteiger partial charge in [-0.15, -0.1) is 0 Å². The average Bonchev–Trinajstić information content (AvgIpc) is 2.25. The number of benzene rings is 1. The molecule has 1 aromatic rings. The number of nitrogens with two attached hydrogens (primary N) is 1. The van der Waals surface area contributed by atoms with Gasteiger partial charge in [-0.05, 0) is 50.3 Å². The highest BCUT2D eigenvalue weighted by Gasteiger charge is 2.12. The molecule has 0 fully saturated rings. The first-order chi connectivity index (χ1) is 7.46. The summed E-state index contributed by atoms with van der Waals surface area (Å²) in [5, 5.41) is 0. The van der Waals surface area contributed by atoms with E-state index in [2.05, 4.69) is 39.0 Å². The minimum Gasteiger partial charge on any atom is -0.496 e. The summed E-state index contributed by atoms with van der Waals surface area (Å²) in [5.41, 5.74) is 8.50.